The Kier molecular flexibility index (Phi) is 5.21. The maximum absolute atomic E-state index is 13.6. The van der Waals surface area contributed by atoms with Gasteiger partial charge in [-0.25, -0.2) is 8.78 Å². The van der Waals surface area contributed by atoms with E-state index in [1.807, 2.05) is 25.1 Å². The Morgan fingerprint density at radius 3 is 2.70 bits per heavy atom. The summed E-state index contributed by atoms with van der Waals surface area (Å²) in [6.07, 6.45) is 0.255. The molecule has 0 saturated heterocycles. The van der Waals surface area contributed by atoms with Gasteiger partial charge in [0.25, 0.3) is 5.91 Å². The summed E-state index contributed by atoms with van der Waals surface area (Å²) >= 11 is 0. The fraction of sp³-hybridized carbons (Fsp3) is 0.200. The summed E-state index contributed by atoms with van der Waals surface area (Å²) in [5.41, 5.74) is 2.15. The lowest BCUT2D eigenvalue weighted by Crippen LogP contribution is -2.30. The summed E-state index contributed by atoms with van der Waals surface area (Å²) < 4.78 is 37.0. The molecular weight excluding hydrogens is 356 g/mol. The molecule has 0 saturated carbocycles. The number of rotatable bonds is 5. The number of benzene rings is 2. The molecule has 1 heterocycles. The van der Waals surface area contributed by atoms with Gasteiger partial charge in [-0.3, -0.25) is 9.59 Å². The lowest BCUT2D eigenvalue weighted by Gasteiger charge is -2.13. The second-order valence-corrected chi connectivity index (χ2v) is 6.18. The molecule has 0 unspecified atom stereocenters. The Labute approximate surface area is 153 Å². The first-order valence-electron chi connectivity index (χ1n) is 8.25. The minimum Gasteiger partial charge on any atom is -0.464 e. The summed E-state index contributed by atoms with van der Waals surface area (Å²) in [7, 11) is 0. The van der Waals surface area contributed by atoms with E-state index in [1.54, 1.807) is 0 Å². The van der Waals surface area contributed by atoms with Crippen LogP contribution in [0.1, 0.15) is 18.1 Å². The van der Waals surface area contributed by atoms with E-state index in [9.17, 15) is 18.4 Å². The van der Waals surface area contributed by atoms with Gasteiger partial charge in [0.05, 0.1) is 18.4 Å². The van der Waals surface area contributed by atoms with Crippen LogP contribution >= 0.6 is 0 Å². The van der Waals surface area contributed by atoms with Gasteiger partial charge >= 0.3 is 5.97 Å². The number of aryl methyl sites for hydroxylation is 1. The zero-order chi connectivity index (χ0) is 19.6. The van der Waals surface area contributed by atoms with Crippen molar-refractivity contribution in [2.24, 2.45) is 0 Å². The highest BCUT2D eigenvalue weighted by atomic mass is 19.1. The van der Waals surface area contributed by atoms with E-state index in [-0.39, 0.29) is 12.1 Å². The Hall–Kier alpha value is -3.22. The van der Waals surface area contributed by atoms with Crippen LogP contribution in [0.3, 0.4) is 0 Å². The van der Waals surface area contributed by atoms with Crippen molar-refractivity contribution in [2.45, 2.75) is 26.4 Å². The zero-order valence-electron chi connectivity index (χ0n) is 14.7. The second-order valence-electron chi connectivity index (χ2n) is 6.18. The highest BCUT2D eigenvalue weighted by Gasteiger charge is 2.20. The second kappa shape index (κ2) is 7.57. The minimum atomic E-state index is -1.15. The Balaban J connectivity index is 1.61. The predicted molar refractivity (Wildman–Crippen MR) is 95.2 cm³/mol. The Bertz CT molecular complexity index is 1010. The number of halogens is 2. The van der Waals surface area contributed by atoms with Crippen molar-refractivity contribution in [3.8, 4) is 0 Å². The molecule has 0 fully saturated rings. The van der Waals surface area contributed by atoms with Crippen LogP contribution in [0, 0.1) is 18.6 Å². The molecule has 3 aromatic rings. The molecule has 1 amide bonds. The monoisotopic (exact) mass is 373 g/mol. The van der Waals surface area contributed by atoms with Crippen LogP contribution in [0.15, 0.2) is 47.1 Å². The molecule has 0 aliphatic carbocycles. The molecular formula is C20H17F2NO4. The van der Waals surface area contributed by atoms with Gasteiger partial charge in [-0.1, -0.05) is 12.1 Å². The molecule has 1 atom stereocenters. The van der Waals surface area contributed by atoms with Crippen LogP contribution in [0.5, 0.6) is 0 Å². The van der Waals surface area contributed by atoms with E-state index in [2.05, 4.69) is 5.32 Å². The van der Waals surface area contributed by atoms with Crippen molar-refractivity contribution in [1.29, 1.82) is 0 Å². The fourth-order valence-corrected chi connectivity index (χ4v) is 2.60. The third-order valence-corrected chi connectivity index (χ3v) is 4.01. The van der Waals surface area contributed by atoms with Gasteiger partial charge in [-0.15, -0.1) is 0 Å². The standard InChI is InChI=1S/C20H17F2NO4/c1-11-3-5-15-13(10-26-18(15)7-11)8-19(24)27-12(2)20(25)23-17-6-4-14(21)9-16(17)22/h3-7,9-10,12H,8H2,1-2H3,(H,23,25)/t12-/m0/s1. The normalized spacial score (nSPS) is 12.0. The molecule has 0 radical (unpaired) electrons. The molecule has 0 bridgehead atoms. The van der Waals surface area contributed by atoms with E-state index in [0.29, 0.717) is 17.2 Å². The molecule has 1 aromatic heterocycles. The van der Waals surface area contributed by atoms with Gasteiger partial charge < -0.3 is 14.5 Å². The van der Waals surface area contributed by atoms with Gasteiger partial charge in [0.15, 0.2) is 6.10 Å². The maximum atomic E-state index is 13.6. The van der Waals surface area contributed by atoms with Crippen molar-refractivity contribution >= 4 is 28.5 Å². The Morgan fingerprint density at radius 1 is 1.19 bits per heavy atom. The average Bonchev–Trinajstić information content (AvgIpc) is 2.98. The van der Waals surface area contributed by atoms with Crippen molar-refractivity contribution < 1.29 is 27.5 Å². The average molecular weight is 373 g/mol. The van der Waals surface area contributed by atoms with Crippen LogP contribution in [0.4, 0.5) is 14.5 Å². The first-order chi connectivity index (χ1) is 12.8. The molecule has 0 aliphatic rings. The molecule has 1 N–H and O–H groups in total. The van der Waals surface area contributed by atoms with Crippen LogP contribution in [-0.2, 0) is 20.7 Å². The number of amides is 1. The highest BCUT2D eigenvalue weighted by Crippen LogP contribution is 2.23. The van der Waals surface area contributed by atoms with Crippen LogP contribution in [0.2, 0.25) is 0 Å². The lowest BCUT2D eigenvalue weighted by atomic mass is 10.1. The van der Waals surface area contributed by atoms with Crippen molar-refractivity contribution in [3.63, 3.8) is 0 Å². The quantitative estimate of drug-likeness (QED) is 0.683. The van der Waals surface area contributed by atoms with Gasteiger partial charge in [-0.05, 0) is 37.6 Å². The van der Waals surface area contributed by atoms with Crippen LogP contribution < -0.4 is 5.32 Å². The number of ether oxygens (including phenoxy) is 1. The van der Waals surface area contributed by atoms with Gasteiger partial charge in [-0.2, -0.15) is 0 Å². The van der Waals surface area contributed by atoms with Crippen molar-refractivity contribution in [2.75, 3.05) is 5.32 Å². The van der Waals surface area contributed by atoms with E-state index < -0.39 is 29.6 Å². The number of carbonyl (C=O) groups is 2. The van der Waals surface area contributed by atoms with Gasteiger partial charge in [0.2, 0.25) is 0 Å². The number of anilines is 1. The van der Waals surface area contributed by atoms with Crippen molar-refractivity contribution in [3.05, 3.63) is 65.4 Å². The van der Waals surface area contributed by atoms with Crippen molar-refractivity contribution in [1.82, 2.24) is 0 Å². The molecule has 140 valence electrons. The number of furan rings is 1. The van der Waals surface area contributed by atoms with E-state index in [1.165, 1.54) is 13.2 Å². The number of esters is 1. The first kappa shape index (κ1) is 18.6. The summed E-state index contributed by atoms with van der Waals surface area (Å²) in [5.74, 6) is -3.02. The molecule has 0 aliphatic heterocycles. The number of hydrogen-bond donors (Lipinski definition) is 1. The van der Waals surface area contributed by atoms with Gasteiger partial charge in [0, 0.05) is 17.0 Å². The predicted octanol–water partition coefficient (Wildman–Crippen LogP) is 4.13. The summed E-state index contributed by atoms with van der Waals surface area (Å²) in [4.78, 5) is 24.2. The highest BCUT2D eigenvalue weighted by molar-refractivity contribution is 5.95. The molecule has 2 aromatic carbocycles. The summed E-state index contributed by atoms with van der Waals surface area (Å²) in [5, 5.41) is 3.06. The number of nitrogens with one attached hydrogen (secondary N) is 1. The largest absolute Gasteiger partial charge is 0.464 e. The summed E-state index contributed by atoms with van der Waals surface area (Å²) in [6, 6.07) is 8.37. The SMILES string of the molecule is Cc1ccc2c(CC(=O)O[C@@H](C)C(=O)Nc3ccc(F)cc3F)coc2c1. The van der Waals surface area contributed by atoms with Crippen LogP contribution in [0.25, 0.3) is 11.0 Å². The summed E-state index contributed by atoms with van der Waals surface area (Å²) in [6.45, 7) is 3.30. The molecule has 0 spiro atoms. The minimum absolute atomic E-state index is 0.0708. The molecule has 7 heteroatoms. The molecule has 3 rings (SSSR count). The van der Waals surface area contributed by atoms with E-state index >= 15 is 0 Å². The van der Waals surface area contributed by atoms with E-state index in [4.69, 9.17) is 9.15 Å². The van der Waals surface area contributed by atoms with Gasteiger partial charge in [0.1, 0.15) is 17.2 Å². The fourth-order valence-electron chi connectivity index (χ4n) is 2.60. The zero-order valence-corrected chi connectivity index (χ0v) is 14.7. The topological polar surface area (TPSA) is 68.5 Å². The number of hydrogen-bond acceptors (Lipinski definition) is 4. The molecule has 5 nitrogen and oxygen atoms in total. The third-order valence-electron chi connectivity index (χ3n) is 4.01. The smallest absolute Gasteiger partial charge is 0.311 e. The lowest BCUT2D eigenvalue weighted by molar-refractivity contribution is -0.152. The van der Waals surface area contributed by atoms with Crippen LogP contribution in [-0.4, -0.2) is 18.0 Å². The third kappa shape index (κ3) is 4.31. The maximum Gasteiger partial charge on any atom is 0.311 e. The first-order valence-corrected chi connectivity index (χ1v) is 8.25. The Morgan fingerprint density at radius 2 is 1.96 bits per heavy atom. The van der Waals surface area contributed by atoms with E-state index in [0.717, 1.165) is 23.1 Å². The molecule has 27 heavy (non-hydrogen) atoms. The number of fused-ring (bicyclic) bond motifs is 1. The number of carbonyl (C=O) groups excluding carboxylic acids is 2.